The first kappa shape index (κ1) is 22.0. The average molecular weight is 444 g/mol. The highest BCUT2D eigenvalue weighted by Crippen LogP contribution is 2.31. The molecule has 2 saturated carbocycles. The molecule has 4 rings (SSSR count). The number of hydrogen-bond acceptors (Lipinski definition) is 7. The Labute approximate surface area is 186 Å². The van der Waals surface area contributed by atoms with E-state index in [2.05, 4.69) is 20.6 Å². The summed E-state index contributed by atoms with van der Waals surface area (Å²) in [5.41, 5.74) is 2.60. The number of pyridine rings is 1. The third kappa shape index (κ3) is 5.35. The first-order chi connectivity index (χ1) is 15.4. The minimum absolute atomic E-state index is 0.130. The minimum atomic E-state index is -0.760. The van der Waals surface area contributed by atoms with Crippen LogP contribution in [0.5, 0.6) is 5.75 Å². The normalized spacial score (nSPS) is 20.6. The Morgan fingerprint density at radius 2 is 2.06 bits per heavy atom. The molecule has 2 atom stereocenters. The molecule has 2 aliphatic carbocycles. The third-order valence-corrected chi connectivity index (χ3v) is 6.04. The van der Waals surface area contributed by atoms with Crippen LogP contribution in [-0.2, 0) is 23.1 Å². The van der Waals surface area contributed by atoms with Crippen molar-refractivity contribution in [2.45, 2.75) is 58.1 Å². The number of aliphatic carboxylic acids is 1. The fourth-order valence-electron chi connectivity index (χ4n) is 3.92. The number of ether oxygens (including phenoxy) is 2. The van der Waals surface area contributed by atoms with Gasteiger partial charge in [-0.1, -0.05) is 5.21 Å². The van der Waals surface area contributed by atoms with E-state index in [9.17, 15) is 14.7 Å². The van der Waals surface area contributed by atoms with Crippen LogP contribution >= 0.6 is 0 Å². The maximum atomic E-state index is 11.9. The van der Waals surface area contributed by atoms with Crippen molar-refractivity contribution in [3.8, 4) is 17.1 Å². The standard InChI is InChI=1S/C22H29N5O5/c1-13-19(32-16-5-3-4-15(10-16)21(28)29)9-8-17(24-13)20-18(27(2)26-25-20)11-23-22(30)31-12-14-6-7-14/h8-9,14-16H,3-7,10-12H2,1-2H3,(H,23,30)(H,28,29)/t15?,16-/m0/s1. The largest absolute Gasteiger partial charge is 0.489 e. The summed E-state index contributed by atoms with van der Waals surface area (Å²) in [5.74, 6) is 0.0267. The van der Waals surface area contributed by atoms with Crippen LogP contribution in [0.4, 0.5) is 4.79 Å². The molecular weight excluding hydrogens is 414 g/mol. The molecule has 0 saturated heterocycles. The monoisotopic (exact) mass is 443 g/mol. The quantitative estimate of drug-likeness (QED) is 0.637. The van der Waals surface area contributed by atoms with E-state index in [0.717, 1.165) is 25.7 Å². The second kappa shape index (κ2) is 9.54. The van der Waals surface area contributed by atoms with Gasteiger partial charge >= 0.3 is 12.1 Å². The van der Waals surface area contributed by atoms with Gasteiger partial charge in [-0.25, -0.2) is 14.5 Å². The molecule has 0 bridgehead atoms. The first-order valence-electron chi connectivity index (χ1n) is 11.1. The molecule has 2 N–H and O–H groups in total. The van der Waals surface area contributed by atoms with Gasteiger partial charge < -0.3 is 19.9 Å². The SMILES string of the molecule is Cc1nc(-c2nnn(C)c2CNC(=O)OCC2CC2)ccc1O[C@H]1CCCC(C(=O)O)C1. The Morgan fingerprint density at radius 1 is 1.25 bits per heavy atom. The number of rotatable bonds is 8. The number of amides is 1. The van der Waals surface area contributed by atoms with Crippen LogP contribution in [0.2, 0.25) is 0 Å². The van der Waals surface area contributed by atoms with Crippen molar-refractivity contribution in [3.63, 3.8) is 0 Å². The predicted molar refractivity (Wildman–Crippen MR) is 114 cm³/mol. The summed E-state index contributed by atoms with van der Waals surface area (Å²) in [4.78, 5) is 27.9. The summed E-state index contributed by atoms with van der Waals surface area (Å²) in [6.45, 7) is 2.53. The van der Waals surface area contributed by atoms with Crippen LogP contribution in [0.1, 0.15) is 49.9 Å². The van der Waals surface area contributed by atoms with Crippen LogP contribution < -0.4 is 10.1 Å². The number of carboxylic acid groups (broad SMARTS) is 1. The van der Waals surface area contributed by atoms with Crippen LogP contribution in [0.15, 0.2) is 12.1 Å². The number of alkyl carbamates (subject to hydrolysis) is 1. The molecule has 2 aromatic rings. The van der Waals surface area contributed by atoms with E-state index in [1.807, 2.05) is 13.0 Å². The topological polar surface area (TPSA) is 128 Å². The van der Waals surface area contributed by atoms with E-state index < -0.39 is 12.1 Å². The zero-order valence-corrected chi connectivity index (χ0v) is 18.4. The average Bonchev–Trinajstić information content (AvgIpc) is 3.53. The van der Waals surface area contributed by atoms with Crippen molar-refractivity contribution in [1.82, 2.24) is 25.3 Å². The summed E-state index contributed by atoms with van der Waals surface area (Å²) in [5, 5.41) is 20.3. The number of aryl methyl sites for hydroxylation is 2. The molecule has 2 heterocycles. The molecule has 0 aliphatic heterocycles. The highest BCUT2D eigenvalue weighted by molar-refractivity contribution is 5.70. The summed E-state index contributed by atoms with van der Waals surface area (Å²) >= 11 is 0. The highest BCUT2D eigenvalue weighted by atomic mass is 16.5. The van der Waals surface area contributed by atoms with E-state index >= 15 is 0 Å². The van der Waals surface area contributed by atoms with Gasteiger partial charge in [-0.3, -0.25) is 4.79 Å². The lowest BCUT2D eigenvalue weighted by Gasteiger charge is -2.27. The van der Waals surface area contributed by atoms with E-state index in [4.69, 9.17) is 9.47 Å². The lowest BCUT2D eigenvalue weighted by Crippen LogP contribution is -2.29. The van der Waals surface area contributed by atoms with Crippen LogP contribution in [-0.4, -0.2) is 49.9 Å². The van der Waals surface area contributed by atoms with Gasteiger partial charge in [0, 0.05) is 7.05 Å². The number of carboxylic acids is 1. The Hall–Kier alpha value is -3.17. The third-order valence-electron chi connectivity index (χ3n) is 6.04. The molecule has 2 aromatic heterocycles. The van der Waals surface area contributed by atoms with E-state index in [-0.39, 0.29) is 18.6 Å². The maximum absolute atomic E-state index is 11.9. The van der Waals surface area contributed by atoms with E-state index in [0.29, 0.717) is 53.9 Å². The molecule has 10 heteroatoms. The predicted octanol–water partition coefficient (Wildman–Crippen LogP) is 2.84. The molecule has 0 aromatic carbocycles. The minimum Gasteiger partial charge on any atom is -0.489 e. The van der Waals surface area contributed by atoms with Crippen molar-refractivity contribution in [2.75, 3.05) is 6.61 Å². The molecular formula is C22H29N5O5. The molecule has 0 radical (unpaired) electrons. The second-order valence-electron chi connectivity index (χ2n) is 8.63. The fourth-order valence-corrected chi connectivity index (χ4v) is 3.92. The molecule has 10 nitrogen and oxygen atoms in total. The van der Waals surface area contributed by atoms with Crippen LogP contribution in [0, 0.1) is 18.8 Å². The summed E-state index contributed by atoms with van der Waals surface area (Å²) in [7, 11) is 1.76. The summed E-state index contributed by atoms with van der Waals surface area (Å²) in [6.07, 6.45) is 4.53. The molecule has 2 fully saturated rings. The zero-order chi connectivity index (χ0) is 22.7. The van der Waals surface area contributed by atoms with Gasteiger partial charge in [0.15, 0.2) is 0 Å². The number of aromatic nitrogens is 4. The maximum Gasteiger partial charge on any atom is 0.407 e. The van der Waals surface area contributed by atoms with Crippen molar-refractivity contribution < 1.29 is 24.2 Å². The van der Waals surface area contributed by atoms with Crippen LogP contribution in [0.3, 0.4) is 0 Å². The smallest absolute Gasteiger partial charge is 0.407 e. The Balaban J connectivity index is 1.41. The number of carbonyl (C=O) groups excluding carboxylic acids is 1. The van der Waals surface area contributed by atoms with E-state index in [1.165, 1.54) is 0 Å². The number of nitrogens with one attached hydrogen (secondary N) is 1. The van der Waals surface area contributed by atoms with Gasteiger partial charge in [0.2, 0.25) is 0 Å². The number of nitrogens with zero attached hydrogens (tertiary/aromatic N) is 4. The van der Waals surface area contributed by atoms with E-state index in [1.54, 1.807) is 17.8 Å². The number of hydrogen-bond donors (Lipinski definition) is 2. The van der Waals surface area contributed by atoms with Crippen LogP contribution in [0.25, 0.3) is 11.4 Å². The van der Waals surface area contributed by atoms with Crippen molar-refractivity contribution in [2.24, 2.45) is 18.9 Å². The highest BCUT2D eigenvalue weighted by Gasteiger charge is 2.28. The Kier molecular flexibility index (Phi) is 6.57. The summed E-state index contributed by atoms with van der Waals surface area (Å²) < 4.78 is 12.9. The first-order valence-corrected chi connectivity index (χ1v) is 11.1. The van der Waals surface area contributed by atoms with Crippen molar-refractivity contribution in [3.05, 3.63) is 23.5 Å². The van der Waals surface area contributed by atoms with Crippen molar-refractivity contribution >= 4 is 12.1 Å². The molecule has 0 spiro atoms. The fraction of sp³-hybridized carbons (Fsp3) is 0.591. The van der Waals surface area contributed by atoms with Gasteiger partial charge in [-0.15, -0.1) is 5.10 Å². The molecule has 2 aliphatic rings. The molecule has 32 heavy (non-hydrogen) atoms. The Morgan fingerprint density at radius 3 is 2.78 bits per heavy atom. The second-order valence-corrected chi connectivity index (χ2v) is 8.63. The molecule has 1 amide bonds. The van der Waals surface area contributed by atoms with Gasteiger partial charge in [-0.05, 0) is 63.5 Å². The van der Waals surface area contributed by atoms with Gasteiger partial charge in [0.05, 0.1) is 42.3 Å². The van der Waals surface area contributed by atoms with Crippen molar-refractivity contribution in [1.29, 1.82) is 0 Å². The summed E-state index contributed by atoms with van der Waals surface area (Å²) in [6, 6.07) is 3.64. The lowest BCUT2D eigenvalue weighted by atomic mass is 9.87. The molecule has 1 unspecified atom stereocenters. The molecule has 172 valence electrons. The lowest BCUT2D eigenvalue weighted by molar-refractivity contribution is -0.143. The number of carbonyl (C=O) groups is 2. The van der Waals surface area contributed by atoms with Gasteiger partial charge in [0.1, 0.15) is 11.4 Å². The van der Waals surface area contributed by atoms with Gasteiger partial charge in [-0.2, -0.15) is 0 Å². The Bertz CT molecular complexity index is 987. The van der Waals surface area contributed by atoms with Gasteiger partial charge in [0.25, 0.3) is 0 Å². The zero-order valence-electron chi connectivity index (χ0n) is 18.4.